The summed E-state index contributed by atoms with van der Waals surface area (Å²) in [6.45, 7) is 5.98. The molecule has 2 heterocycles. The van der Waals surface area contributed by atoms with Gasteiger partial charge in [0, 0.05) is 51.0 Å². The number of aromatic nitrogens is 2. The Bertz CT molecular complexity index is 629. The van der Waals surface area contributed by atoms with Crippen molar-refractivity contribution in [3.8, 4) is 0 Å². The van der Waals surface area contributed by atoms with Crippen LogP contribution in [-0.4, -0.2) is 39.0 Å². The Morgan fingerprint density at radius 2 is 1.88 bits per heavy atom. The van der Waals surface area contributed by atoms with Gasteiger partial charge in [0.05, 0.1) is 12.3 Å². The van der Waals surface area contributed by atoms with Gasteiger partial charge in [-0.05, 0) is 30.9 Å². The zero-order valence-corrected chi connectivity index (χ0v) is 14.7. The SMILES string of the molecule is CC(NCc1ccc(CN2CCC(O)CC2)cc1)c1cnn(C)c1. The molecule has 1 saturated heterocycles. The molecule has 1 aliphatic rings. The number of hydrogen-bond acceptors (Lipinski definition) is 4. The van der Waals surface area contributed by atoms with Gasteiger partial charge in [-0.15, -0.1) is 0 Å². The third-order valence-electron chi connectivity index (χ3n) is 4.82. The second-order valence-corrected chi connectivity index (χ2v) is 6.87. The van der Waals surface area contributed by atoms with Gasteiger partial charge in [-0.2, -0.15) is 5.10 Å². The Labute approximate surface area is 144 Å². The van der Waals surface area contributed by atoms with Crippen molar-refractivity contribution in [1.82, 2.24) is 20.0 Å². The number of likely N-dealkylation sites (tertiary alicyclic amines) is 1. The molecule has 0 spiro atoms. The van der Waals surface area contributed by atoms with Crippen molar-refractivity contribution in [1.29, 1.82) is 0 Å². The summed E-state index contributed by atoms with van der Waals surface area (Å²) >= 11 is 0. The van der Waals surface area contributed by atoms with Crippen LogP contribution in [0.5, 0.6) is 0 Å². The van der Waals surface area contributed by atoms with Gasteiger partial charge in [-0.1, -0.05) is 24.3 Å². The van der Waals surface area contributed by atoms with Crippen molar-refractivity contribution in [2.24, 2.45) is 7.05 Å². The zero-order chi connectivity index (χ0) is 16.9. The van der Waals surface area contributed by atoms with E-state index in [9.17, 15) is 5.11 Å². The fraction of sp³-hybridized carbons (Fsp3) is 0.526. The van der Waals surface area contributed by atoms with Gasteiger partial charge in [0.15, 0.2) is 0 Å². The van der Waals surface area contributed by atoms with E-state index in [1.54, 1.807) is 0 Å². The molecule has 24 heavy (non-hydrogen) atoms. The van der Waals surface area contributed by atoms with E-state index in [1.165, 1.54) is 16.7 Å². The summed E-state index contributed by atoms with van der Waals surface area (Å²) in [7, 11) is 1.94. The van der Waals surface area contributed by atoms with Crippen molar-refractivity contribution < 1.29 is 5.11 Å². The van der Waals surface area contributed by atoms with Gasteiger partial charge in [-0.25, -0.2) is 0 Å². The maximum Gasteiger partial charge on any atom is 0.0564 e. The highest BCUT2D eigenvalue weighted by molar-refractivity contribution is 5.23. The molecule has 1 aliphatic heterocycles. The zero-order valence-electron chi connectivity index (χ0n) is 14.7. The standard InChI is InChI=1S/C19H28N4O/c1-15(18-12-21-22(2)14-18)20-11-16-3-5-17(6-4-16)13-23-9-7-19(24)8-10-23/h3-6,12,14-15,19-20,24H,7-11,13H2,1-2H3. The van der Waals surface area contributed by atoms with Crippen molar-refractivity contribution in [3.63, 3.8) is 0 Å². The molecule has 2 N–H and O–H groups in total. The van der Waals surface area contributed by atoms with Crippen molar-refractivity contribution in [2.45, 2.75) is 45.0 Å². The molecule has 0 radical (unpaired) electrons. The molecule has 1 aromatic carbocycles. The lowest BCUT2D eigenvalue weighted by Gasteiger charge is -2.29. The predicted octanol–water partition coefficient (Wildman–Crippen LogP) is 2.23. The van der Waals surface area contributed by atoms with E-state index in [0.29, 0.717) is 0 Å². The van der Waals surface area contributed by atoms with Crippen LogP contribution in [0.3, 0.4) is 0 Å². The number of nitrogens with one attached hydrogen (secondary N) is 1. The molecule has 1 aromatic heterocycles. The number of aliphatic hydroxyl groups is 1. The molecule has 0 amide bonds. The first-order valence-corrected chi connectivity index (χ1v) is 8.80. The van der Waals surface area contributed by atoms with Crippen LogP contribution in [0.2, 0.25) is 0 Å². The monoisotopic (exact) mass is 328 g/mol. The maximum atomic E-state index is 9.58. The predicted molar refractivity (Wildman–Crippen MR) is 95.4 cm³/mol. The fourth-order valence-corrected chi connectivity index (χ4v) is 3.15. The van der Waals surface area contributed by atoms with Crippen LogP contribution in [0.4, 0.5) is 0 Å². The highest BCUT2D eigenvalue weighted by atomic mass is 16.3. The quantitative estimate of drug-likeness (QED) is 0.854. The van der Waals surface area contributed by atoms with Crippen molar-refractivity contribution in [3.05, 3.63) is 53.3 Å². The lowest BCUT2D eigenvalue weighted by molar-refractivity contribution is 0.0792. The van der Waals surface area contributed by atoms with Crippen LogP contribution in [-0.2, 0) is 20.1 Å². The lowest BCUT2D eigenvalue weighted by Crippen LogP contribution is -2.35. The molecule has 0 bridgehead atoms. The van der Waals surface area contributed by atoms with Gasteiger partial charge < -0.3 is 10.4 Å². The van der Waals surface area contributed by atoms with E-state index in [-0.39, 0.29) is 12.1 Å². The van der Waals surface area contributed by atoms with Gasteiger partial charge in [0.2, 0.25) is 0 Å². The van der Waals surface area contributed by atoms with Crippen LogP contribution >= 0.6 is 0 Å². The first kappa shape index (κ1) is 17.1. The maximum absolute atomic E-state index is 9.58. The summed E-state index contributed by atoms with van der Waals surface area (Å²) in [5.41, 5.74) is 3.85. The van der Waals surface area contributed by atoms with Crippen LogP contribution in [0.1, 0.15) is 42.5 Å². The van der Waals surface area contributed by atoms with Gasteiger partial charge in [0.1, 0.15) is 0 Å². The lowest BCUT2D eigenvalue weighted by atomic mass is 10.1. The minimum atomic E-state index is -0.100. The summed E-state index contributed by atoms with van der Waals surface area (Å²) in [5.74, 6) is 0. The summed E-state index contributed by atoms with van der Waals surface area (Å²) in [4.78, 5) is 2.42. The molecule has 1 atom stereocenters. The number of benzene rings is 1. The Kier molecular flexibility index (Phi) is 5.66. The minimum absolute atomic E-state index is 0.100. The Hall–Kier alpha value is -1.69. The second-order valence-electron chi connectivity index (χ2n) is 6.87. The molecule has 2 aromatic rings. The highest BCUT2D eigenvalue weighted by Crippen LogP contribution is 2.15. The largest absolute Gasteiger partial charge is 0.393 e. The average molecular weight is 328 g/mol. The van der Waals surface area contributed by atoms with E-state index in [1.807, 2.05) is 17.9 Å². The molecule has 5 heteroatoms. The normalized spacial score (nSPS) is 18.0. The Balaban J connectivity index is 1.47. The van der Waals surface area contributed by atoms with E-state index in [2.05, 4.69) is 52.7 Å². The third kappa shape index (κ3) is 4.66. The topological polar surface area (TPSA) is 53.3 Å². The molecular weight excluding hydrogens is 300 g/mol. The molecular formula is C19H28N4O. The van der Waals surface area contributed by atoms with Gasteiger partial charge in [0.25, 0.3) is 0 Å². The second kappa shape index (κ2) is 7.92. The van der Waals surface area contributed by atoms with Crippen LogP contribution in [0, 0.1) is 0 Å². The number of nitrogens with zero attached hydrogens (tertiary/aromatic N) is 3. The van der Waals surface area contributed by atoms with E-state index >= 15 is 0 Å². The minimum Gasteiger partial charge on any atom is -0.393 e. The van der Waals surface area contributed by atoms with Crippen LogP contribution in [0.25, 0.3) is 0 Å². The number of hydrogen-bond donors (Lipinski definition) is 2. The molecule has 1 fully saturated rings. The van der Waals surface area contributed by atoms with Crippen molar-refractivity contribution >= 4 is 0 Å². The van der Waals surface area contributed by atoms with E-state index in [4.69, 9.17) is 0 Å². The molecule has 1 unspecified atom stereocenters. The highest BCUT2D eigenvalue weighted by Gasteiger charge is 2.16. The van der Waals surface area contributed by atoms with Crippen LogP contribution < -0.4 is 5.32 Å². The smallest absolute Gasteiger partial charge is 0.0564 e. The van der Waals surface area contributed by atoms with Gasteiger partial charge >= 0.3 is 0 Å². The van der Waals surface area contributed by atoms with E-state index in [0.717, 1.165) is 39.0 Å². The summed E-state index contributed by atoms with van der Waals surface area (Å²) in [5, 5.41) is 17.3. The summed E-state index contributed by atoms with van der Waals surface area (Å²) < 4.78 is 1.84. The number of rotatable bonds is 6. The fourth-order valence-electron chi connectivity index (χ4n) is 3.15. The molecule has 3 rings (SSSR count). The average Bonchev–Trinajstić information content (AvgIpc) is 3.03. The van der Waals surface area contributed by atoms with E-state index < -0.39 is 0 Å². The number of aliphatic hydroxyl groups excluding tert-OH is 1. The third-order valence-corrected chi connectivity index (χ3v) is 4.82. The molecule has 0 saturated carbocycles. The summed E-state index contributed by atoms with van der Waals surface area (Å²) in [6, 6.07) is 9.14. The Morgan fingerprint density at radius 1 is 1.21 bits per heavy atom. The first-order chi connectivity index (χ1) is 11.6. The number of piperidine rings is 1. The first-order valence-electron chi connectivity index (χ1n) is 8.80. The molecule has 5 nitrogen and oxygen atoms in total. The molecule has 0 aliphatic carbocycles. The van der Waals surface area contributed by atoms with Crippen LogP contribution in [0.15, 0.2) is 36.7 Å². The Morgan fingerprint density at radius 3 is 2.50 bits per heavy atom. The van der Waals surface area contributed by atoms with Crippen molar-refractivity contribution in [2.75, 3.05) is 13.1 Å². The molecule has 130 valence electrons. The van der Waals surface area contributed by atoms with Gasteiger partial charge in [-0.3, -0.25) is 9.58 Å². The summed E-state index contributed by atoms with van der Waals surface area (Å²) in [6.07, 6.45) is 5.66. The number of aryl methyl sites for hydroxylation is 1.